The molecular formula is C16H24N2O2S. The molecule has 0 bridgehead atoms. The van der Waals surface area contributed by atoms with Gasteiger partial charge in [-0.3, -0.25) is 0 Å². The zero-order chi connectivity index (χ0) is 14.9. The first-order valence-electron chi connectivity index (χ1n) is 7.91. The summed E-state index contributed by atoms with van der Waals surface area (Å²) in [5, 5.41) is 3.48. The fraction of sp³-hybridized carbons (Fsp3) is 0.625. The van der Waals surface area contributed by atoms with Gasteiger partial charge < -0.3 is 5.32 Å². The second-order valence-corrected chi connectivity index (χ2v) is 8.09. The largest absolute Gasteiger partial charge is 0.312 e. The Morgan fingerprint density at radius 3 is 2.52 bits per heavy atom. The lowest BCUT2D eigenvalue weighted by molar-refractivity contribution is 0.211. The third-order valence-corrected chi connectivity index (χ3v) is 6.63. The molecule has 3 rings (SSSR count). The van der Waals surface area contributed by atoms with Crippen molar-refractivity contribution in [2.24, 2.45) is 0 Å². The molecule has 21 heavy (non-hydrogen) atoms. The van der Waals surface area contributed by atoms with Crippen LogP contribution in [-0.4, -0.2) is 37.9 Å². The van der Waals surface area contributed by atoms with E-state index in [0.29, 0.717) is 17.5 Å². The van der Waals surface area contributed by atoms with Crippen molar-refractivity contribution >= 4 is 10.0 Å². The zero-order valence-electron chi connectivity index (χ0n) is 12.6. The van der Waals surface area contributed by atoms with Gasteiger partial charge in [0.2, 0.25) is 10.0 Å². The van der Waals surface area contributed by atoms with Crippen molar-refractivity contribution in [3.63, 3.8) is 0 Å². The highest BCUT2D eigenvalue weighted by atomic mass is 32.2. The maximum atomic E-state index is 13.0. The van der Waals surface area contributed by atoms with E-state index in [0.717, 1.165) is 44.2 Å². The highest BCUT2D eigenvalue weighted by molar-refractivity contribution is 7.89. The van der Waals surface area contributed by atoms with Crippen molar-refractivity contribution < 1.29 is 8.42 Å². The zero-order valence-corrected chi connectivity index (χ0v) is 13.4. The van der Waals surface area contributed by atoms with Crippen molar-refractivity contribution in [3.8, 4) is 0 Å². The summed E-state index contributed by atoms with van der Waals surface area (Å²) in [5.74, 6) is 0. The van der Waals surface area contributed by atoms with Gasteiger partial charge in [0.15, 0.2) is 0 Å². The lowest BCUT2D eigenvalue weighted by Gasteiger charge is -2.38. The van der Waals surface area contributed by atoms with Crippen molar-refractivity contribution in [2.45, 2.75) is 56.0 Å². The molecule has 2 unspecified atom stereocenters. The van der Waals surface area contributed by atoms with Gasteiger partial charge in [0, 0.05) is 18.6 Å². The molecule has 116 valence electrons. The van der Waals surface area contributed by atoms with Gasteiger partial charge in [-0.1, -0.05) is 24.1 Å². The number of sulfonamides is 1. The van der Waals surface area contributed by atoms with Crippen molar-refractivity contribution in [1.29, 1.82) is 0 Å². The van der Waals surface area contributed by atoms with Gasteiger partial charge in [0.05, 0.1) is 4.90 Å². The number of nitrogens with zero attached hydrogens (tertiary/aromatic N) is 1. The van der Waals surface area contributed by atoms with Crippen LogP contribution >= 0.6 is 0 Å². The predicted molar refractivity (Wildman–Crippen MR) is 83.7 cm³/mol. The summed E-state index contributed by atoms with van der Waals surface area (Å²) >= 11 is 0. The molecule has 0 aliphatic carbocycles. The lowest BCUT2D eigenvalue weighted by atomic mass is 9.97. The predicted octanol–water partition coefficient (Wildman–Crippen LogP) is 2.29. The summed E-state index contributed by atoms with van der Waals surface area (Å²) in [6.07, 6.45) is 5.31. The minimum absolute atomic E-state index is 0.118. The Labute approximate surface area is 127 Å². The van der Waals surface area contributed by atoms with Crippen LogP contribution in [0, 0.1) is 6.92 Å². The first kappa shape index (κ1) is 15.0. The fourth-order valence-electron chi connectivity index (χ4n) is 3.52. The number of rotatable bonds is 3. The second-order valence-electron chi connectivity index (χ2n) is 6.19. The first-order chi connectivity index (χ1) is 10.1. The SMILES string of the molecule is Cc1ccc(S(=O)(=O)N2CCCCC2C2CCCN2)cc1. The monoisotopic (exact) mass is 308 g/mol. The molecule has 1 N–H and O–H groups in total. The van der Waals surface area contributed by atoms with E-state index in [1.807, 2.05) is 19.1 Å². The number of nitrogens with one attached hydrogen (secondary N) is 1. The van der Waals surface area contributed by atoms with E-state index in [1.165, 1.54) is 0 Å². The Balaban J connectivity index is 1.89. The fourth-order valence-corrected chi connectivity index (χ4v) is 5.25. The van der Waals surface area contributed by atoms with Crippen molar-refractivity contribution in [2.75, 3.05) is 13.1 Å². The van der Waals surface area contributed by atoms with Gasteiger partial charge >= 0.3 is 0 Å². The number of benzene rings is 1. The third kappa shape index (κ3) is 3.00. The van der Waals surface area contributed by atoms with E-state index in [2.05, 4.69) is 5.32 Å². The Morgan fingerprint density at radius 2 is 1.86 bits per heavy atom. The molecule has 4 nitrogen and oxygen atoms in total. The molecule has 0 saturated carbocycles. The molecule has 1 aromatic rings. The number of hydrogen-bond donors (Lipinski definition) is 1. The van der Waals surface area contributed by atoms with Crippen LogP contribution < -0.4 is 5.32 Å². The summed E-state index contributed by atoms with van der Waals surface area (Å²) in [6, 6.07) is 7.66. The number of hydrogen-bond acceptors (Lipinski definition) is 3. The lowest BCUT2D eigenvalue weighted by Crippen LogP contribution is -2.52. The summed E-state index contributed by atoms with van der Waals surface area (Å²) in [6.45, 7) is 3.64. The molecule has 5 heteroatoms. The highest BCUT2D eigenvalue weighted by Crippen LogP contribution is 2.29. The van der Waals surface area contributed by atoms with Crippen LogP contribution in [0.3, 0.4) is 0 Å². The van der Waals surface area contributed by atoms with Crippen molar-refractivity contribution in [3.05, 3.63) is 29.8 Å². The molecule has 2 aliphatic heterocycles. The van der Waals surface area contributed by atoms with E-state index in [1.54, 1.807) is 16.4 Å². The molecule has 0 radical (unpaired) electrons. The van der Waals surface area contributed by atoms with Crippen molar-refractivity contribution in [1.82, 2.24) is 9.62 Å². The molecule has 2 saturated heterocycles. The van der Waals surface area contributed by atoms with E-state index in [9.17, 15) is 8.42 Å². The molecular weight excluding hydrogens is 284 g/mol. The Hall–Kier alpha value is -0.910. The second kappa shape index (κ2) is 6.07. The van der Waals surface area contributed by atoms with Gasteiger partial charge in [-0.2, -0.15) is 4.31 Å². The Morgan fingerprint density at radius 1 is 1.10 bits per heavy atom. The third-order valence-electron chi connectivity index (χ3n) is 4.69. The average Bonchev–Trinajstić information content (AvgIpc) is 3.02. The summed E-state index contributed by atoms with van der Waals surface area (Å²) in [4.78, 5) is 0.429. The molecule has 2 heterocycles. The maximum Gasteiger partial charge on any atom is 0.243 e. The van der Waals surface area contributed by atoms with E-state index < -0.39 is 10.0 Å². The molecule has 0 amide bonds. The molecule has 2 fully saturated rings. The van der Waals surface area contributed by atoms with E-state index in [-0.39, 0.29) is 6.04 Å². The smallest absolute Gasteiger partial charge is 0.243 e. The quantitative estimate of drug-likeness (QED) is 0.932. The minimum atomic E-state index is -3.37. The standard InChI is InChI=1S/C16H24N2O2S/c1-13-7-9-14(10-8-13)21(19,20)18-12-3-2-6-16(18)15-5-4-11-17-15/h7-10,15-17H,2-6,11-12H2,1H3. The van der Waals surface area contributed by atoms with Crippen LogP contribution in [0.4, 0.5) is 0 Å². The molecule has 0 aromatic heterocycles. The van der Waals surface area contributed by atoms with Gasteiger partial charge in [-0.25, -0.2) is 8.42 Å². The van der Waals surface area contributed by atoms with E-state index in [4.69, 9.17) is 0 Å². The molecule has 2 atom stereocenters. The van der Waals surface area contributed by atoms with Crippen LogP contribution in [0.5, 0.6) is 0 Å². The van der Waals surface area contributed by atoms with Gasteiger partial charge in [-0.15, -0.1) is 0 Å². The maximum absolute atomic E-state index is 13.0. The number of aryl methyl sites for hydroxylation is 1. The van der Waals surface area contributed by atoms with Gasteiger partial charge in [-0.05, 0) is 51.3 Å². The van der Waals surface area contributed by atoms with Crippen LogP contribution in [-0.2, 0) is 10.0 Å². The first-order valence-corrected chi connectivity index (χ1v) is 9.35. The molecule has 2 aliphatic rings. The van der Waals surface area contributed by atoms with Gasteiger partial charge in [0.25, 0.3) is 0 Å². The molecule has 1 aromatic carbocycles. The normalized spacial score (nSPS) is 27.9. The Kier molecular flexibility index (Phi) is 4.33. The summed E-state index contributed by atoms with van der Waals surface area (Å²) in [7, 11) is -3.37. The van der Waals surface area contributed by atoms with Crippen LogP contribution in [0.15, 0.2) is 29.2 Å². The topological polar surface area (TPSA) is 49.4 Å². The molecule has 0 spiro atoms. The van der Waals surface area contributed by atoms with Crippen LogP contribution in [0.25, 0.3) is 0 Å². The Bertz CT molecular complexity index is 577. The summed E-state index contributed by atoms with van der Waals surface area (Å²) in [5.41, 5.74) is 1.08. The minimum Gasteiger partial charge on any atom is -0.312 e. The number of piperidine rings is 1. The summed E-state index contributed by atoms with van der Waals surface area (Å²) < 4.78 is 27.7. The van der Waals surface area contributed by atoms with Crippen LogP contribution in [0.2, 0.25) is 0 Å². The average molecular weight is 308 g/mol. The van der Waals surface area contributed by atoms with Gasteiger partial charge in [0.1, 0.15) is 0 Å². The van der Waals surface area contributed by atoms with Crippen LogP contribution in [0.1, 0.15) is 37.7 Å². The van der Waals surface area contributed by atoms with E-state index >= 15 is 0 Å². The highest BCUT2D eigenvalue weighted by Gasteiger charge is 2.38.